The maximum absolute atomic E-state index is 4.31. The molecule has 2 heterocycles. The smallest absolute Gasteiger partial charge is 0.0825 e. The number of halogens is 1. The van der Waals surface area contributed by atoms with Gasteiger partial charge in [-0.25, -0.2) is 0 Å². The summed E-state index contributed by atoms with van der Waals surface area (Å²) >= 11 is 0. The summed E-state index contributed by atoms with van der Waals surface area (Å²) in [6, 6.07) is 2.08. The fourth-order valence-corrected chi connectivity index (χ4v) is 1.79. The van der Waals surface area contributed by atoms with Crippen LogP contribution in [0.1, 0.15) is 17.1 Å². The molecule has 0 aliphatic heterocycles. The molecule has 0 unspecified atom stereocenters. The number of hydrogen-bond acceptors (Lipinski definition) is 3. The molecule has 0 saturated heterocycles. The molecule has 0 spiro atoms. The maximum atomic E-state index is 4.31. The fourth-order valence-electron chi connectivity index (χ4n) is 1.79. The largest absolute Gasteiger partial charge is 0.377 e. The van der Waals surface area contributed by atoms with Crippen LogP contribution in [-0.4, -0.2) is 19.6 Å². The monoisotopic (exact) mass is 255 g/mol. The van der Waals surface area contributed by atoms with Crippen LogP contribution in [0.2, 0.25) is 0 Å². The van der Waals surface area contributed by atoms with E-state index < -0.39 is 0 Å². The molecule has 94 valence electrons. The van der Waals surface area contributed by atoms with Crippen LogP contribution in [0.4, 0.5) is 5.69 Å². The number of hydrogen-bond donors (Lipinski definition) is 1. The fraction of sp³-hybridized carbons (Fsp3) is 0.455. The van der Waals surface area contributed by atoms with E-state index in [9.17, 15) is 0 Å². The zero-order valence-corrected chi connectivity index (χ0v) is 11.4. The second-order valence-electron chi connectivity index (χ2n) is 4.06. The Kier molecular flexibility index (Phi) is 4.17. The molecular formula is C11H18ClN5. The molecule has 0 aromatic carbocycles. The lowest BCUT2D eigenvalue weighted by Crippen LogP contribution is -2.05. The lowest BCUT2D eigenvalue weighted by molar-refractivity contribution is 0.713. The third-order valence-corrected chi connectivity index (χ3v) is 2.57. The van der Waals surface area contributed by atoms with Gasteiger partial charge in [-0.1, -0.05) is 0 Å². The Labute approximate surface area is 107 Å². The van der Waals surface area contributed by atoms with Gasteiger partial charge < -0.3 is 5.32 Å². The first-order chi connectivity index (χ1) is 7.56. The molecular weight excluding hydrogens is 238 g/mol. The molecule has 2 rings (SSSR count). The molecule has 0 aliphatic rings. The lowest BCUT2D eigenvalue weighted by atomic mass is 10.3. The van der Waals surface area contributed by atoms with Crippen molar-refractivity contribution in [1.82, 2.24) is 19.6 Å². The van der Waals surface area contributed by atoms with Gasteiger partial charge in [-0.05, 0) is 19.9 Å². The first-order valence-corrected chi connectivity index (χ1v) is 5.30. The molecule has 6 heteroatoms. The Bertz CT molecular complexity index is 454. The molecule has 0 fully saturated rings. The van der Waals surface area contributed by atoms with Gasteiger partial charge in [-0.2, -0.15) is 10.2 Å². The maximum Gasteiger partial charge on any atom is 0.0825 e. The average molecular weight is 256 g/mol. The quantitative estimate of drug-likeness (QED) is 0.910. The normalized spacial score (nSPS) is 10.1. The molecule has 0 radical (unpaired) electrons. The predicted molar refractivity (Wildman–Crippen MR) is 70.5 cm³/mol. The van der Waals surface area contributed by atoms with Crippen LogP contribution in [0.25, 0.3) is 0 Å². The van der Waals surface area contributed by atoms with E-state index in [0.29, 0.717) is 0 Å². The number of nitrogens with one attached hydrogen (secondary N) is 1. The minimum atomic E-state index is 0. The Balaban J connectivity index is 0.00000144. The standard InChI is InChI=1S/C11H17N5.ClH/c1-8-5-10(16(4)13-8)6-12-11-7-15(3)14-9(11)2;/h5,7,12H,6H2,1-4H3;1H. The molecule has 5 nitrogen and oxygen atoms in total. The van der Waals surface area contributed by atoms with Crippen LogP contribution in [0.15, 0.2) is 12.3 Å². The van der Waals surface area contributed by atoms with Crippen molar-refractivity contribution in [2.45, 2.75) is 20.4 Å². The van der Waals surface area contributed by atoms with Crippen molar-refractivity contribution in [3.05, 3.63) is 29.3 Å². The molecule has 0 saturated carbocycles. The second kappa shape index (κ2) is 5.23. The van der Waals surface area contributed by atoms with Crippen LogP contribution in [0, 0.1) is 13.8 Å². The van der Waals surface area contributed by atoms with E-state index in [-0.39, 0.29) is 12.4 Å². The van der Waals surface area contributed by atoms with Gasteiger partial charge in [0.1, 0.15) is 0 Å². The average Bonchev–Trinajstić information content (AvgIpc) is 2.66. The number of aromatic nitrogens is 4. The van der Waals surface area contributed by atoms with Crippen LogP contribution in [0.5, 0.6) is 0 Å². The van der Waals surface area contributed by atoms with Gasteiger partial charge in [0.15, 0.2) is 0 Å². The van der Waals surface area contributed by atoms with Gasteiger partial charge in [-0.15, -0.1) is 12.4 Å². The summed E-state index contributed by atoms with van der Waals surface area (Å²) < 4.78 is 3.71. The first kappa shape index (κ1) is 13.6. The van der Waals surface area contributed by atoms with E-state index in [4.69, 9.17) is 0 Å². The summed E-state index contributed by atoms with van der Waals surface area (Å²) in [6.45, 7) is 4.76. The van der Waals surface area contributed by atoms with Crippen LogP contribution < -0.4 is 5.32 Å². The van der Waals surface area contributed by atoms with Crippen LogP contribution in [-0.2, 0) is 20.6 Å². The topological polar surface area (TPSA) is 47.7 Å². The van der Waals surface area contributed by atoms with Crippen LogP contribution >= 0.6 is 12.4 Å². The summed E-state index contributed by atoms with van der Waals surface area (Å²) in [6.07, 6.45) is 1.98. The zero-order chi connectivity index (χ0) is 11.7. The molecule has 2 aromatic rings. The zero-order valence-electron chi connectivity index (χ0n) is 10.6. The summed E-state index contributed by atoms with van der Waals surface area (Å²) in [7, 11) is 3.88. The van der Waals surface area contributed by atoms with Crippen molar-refractivity contribution in [2.24, 2.45) is 14.1 Å². The van der Waals surface area contributed by atoms with Gasteiger partial charge in [0.05, 0.1) is 29.3 Å². The molecule has 2 aromatic heterocycles. The van der Waals surface area contributed by atoms with Crippen molar-refractivity contribution >= 4 is 18.1 Å². The first-order valence-electron chi connectivity index (χ1n) is 5.30. The van der Waals surface area contributed by atoms with Gasteiger partial charge in [0.25, 0.3) is 0 Å². The van der Waals surface area contributed by atoms with E-state index in [1.165, 1.54) is 5.69 Å². The number of aryl methyl sites for hydroxylation is 4. The highest BCUT2D eigenvalue weighted by Gasteiger charge is 2.05. The minimum Gasteiger partial charge on any atom is -0.377 e. The Hall–Kier alpha value is -1.49. The van der Waals surface area contributed by atoms with Crippen molar-refractivity contribution in [3.63, 3.8) is 0 Å². The summed E-state index contributed by atoms with van der Waals surface area (Å²) in [5.74, 6) is 0. The Morgan fingerprint density at radius 3 is 2.41 bits per heavy atom. The highest BCUT2D eigenvalue weighted by atomic mass is 35.5. The number of nitrogens with zero attached hydrogens (tertiary/aromatic N) is 4. The third kappa shape index (κ3) is 3.00. The van der Waals surface area contributed by atoms with Gasteiger partial charge in [0, 0.05) is 20.3 Å². The molecule has 17 heavy (non-hydrogen) atoms. The summed E-state index contributed by atoms with van der Waals surface area (Å²) in [4.78, 5) is 0. The Morgan fingerprint density at radius 2 is 1.94 bits per heavy atom. The van der Waals surface area contributed by atoms with Crippen molar-refractivity contribution in [2.75, 3.05) is 5.32 Å². The minimum absolute atomic E-state index is 0. The van der Waals surface area contributed by atoms with E-state index in [1.807, 2.05) is 43.5 Å². The molecule has 0 amide bonds. The van der Waals surface area contributed by atoms with Crippen molar-refractivity contribution < 1.29 is 0 Å². The highest BCUT2D eigenvalue weighted by Crippen LogP contribution is 2.13. The highest BCUT2D eigenvalue weighted by molar-refractivity contribution is 5.85. The van der Waals surface area contributed by atoms with Crippen LogP contribution in [0.3, 0.4) is 0 Å². The molecule has 0 aliphatic carbocycles. The predicted octanol–water partition coefficient (Wildman–Crippen LogP) is 1.80. The van der Waals surface area contributed by atoms with E-state index in [2.05, 4.69) is 21.6 Å². The van der Waals surface area contributed by atoms with E-state index in [0.717, 1.165) is 23.6 Å². The van der Waals surface area contributed by atoms with Gasteiger partial charge in [-0.3, -0.25) is 9.36 Å². The van der Waals surface area contributed by atoms with E-state index in [1.54, 1.807) is 0 Å². The Morgan fingerprint density at radius 1 is 1.24 bits per heavy atom. The third-order valence-electron chi connectivity index (χ3n) is 2.57. The van der Waals surface area contributed by atoms with Gasteiger partial charge in [0.2, 0.25) is 0 Å². The summed E-state index contributed by atoms with van der Waals surface area (Å²) in [5, 5.41) is 11.9. The van der Waals surface area contributed by atoms with E-state index >= 15 is 0 Å². The van der Waals surface area contributed by atoms with Crippen molar-refractivity contribution in [1.29, 1.82) is 0 Å². The number of rotatable bonds is 3. The number of anilines is 1. The molecule has 0 bridgehead atoms. The van der Waals surface area contributed by atoms with Gasteiger partial charge >= 0.3 is 0 Å². The lowest BCUT2D eigenvalue weighted by Gasteiger charge is -2.04. The molecule has 1 N–H and O–H groups in total. The summed E-state index contributed by atoms with van der Waals surface area (Å²) in [5.41, 5.74) is 4.30. The second-order valence-corrected chi connectivity index (χ2v) is 4.06. The molecule has 0 atom stereocenters. The SMILES string of the molecule is Cc1cc(CNc2cn(C)nc2C)n(C)n1.Cl. The van der Waals surface area contributed by atoms with Crippen molar-refractivity contribution in [3.8, 4) is 0 Å².